The molecule has 0 unspecified atom stereocenters. The molecule has 0 aromatic carbocycles. The smallest absolute Gasteiger partial charge is 0.251 e. The monoisotopic (exact) mass is 421 g/mol. The molecule has 2 N–H and O–H groups in total. The Morgan fingerprint density at radius 3 is 3.07 bits per heavy atom. The topological polar surface area (TPSA) is 103 Å². The van der Waals surface area contributed by atoms with Gasteiger partial charge in [0.1, 0.15) is 16.4 Å². The quantitative estimate of drug-likeness (QED) is 0.524. The van der Waals surface area contributed by atoms with Crippen molar-refractivity contribution in [1.29, 1.82) is 0 Å². The van der Waals surface area contributed by atoms with Gasteiger partial charge in [0.05, 0.1) is 11.1 Å². The van der Waals surface area contributed by atoms with Gasteiger partial charge in [-0.3, -0.25) is 24.8 Å². The summed E-state index contributed by atoms with van der Waals surface area (Å²) in [5.41, 5.74) is 3.20. The normalized spacial score (nSPS) is 17.4. The number of pyridine rings is 2. The molecule has 0 saturated carbocycles. The first-order valence-electron chi connectivity index (χ1n) is 9.89. The lowest BCUT2D eigenvalue weighted by atomic mass is 9.94. The highest BCUT2D eigenvalue weighted by atomic mass is 35.5. The first kappa shape index (κ1) is 18.9. The van der Waals surface area contributed by atoms with Crippen LogP contribution < -0.4 is 5.56 Å². The minimum absolute atomic E-state index is 0.155. The van der Waals surface area contributed by atoms with Crippen LogP contribution in [0.15, 0.2) is 47.7 Å². The number of fused-ring (bicyclic) bond motifs is 1. The molecule has 9 heteroatoms. The van der Waals surface area contributed by atoms with E-state index in [0.29, 0.717) is 16.7 Å². The van der Waals surface area contributed by atoms with Crippen LogP contribution >= 0.6 is 11.6 Å². The van der Waals surface area contributed by atoms with Crippen LogP contribution in [0, 0.1) is 0 Å². The van der Waals surface area contributed by atoms with Gasteiger partial charge >= 0.3 is 0 Å². The van der Waals surface area contributed by atoms with E-state index in [-0.39, 0.29) is 11.5 Å². The van der Waals surface area contributed by atoms with Crippen molar-refractivity contribution in [2.24, 2.45) is 0 Å². The fourth-order valence-corrected chi connectivity index (χ4v) is 4.24. The maximum Gasteiger partial charge on any atom is 0.251 e. The van der Waals surface area contributed by atoms with Crippen molar-refractivity contribution < 1.29 is 0 Å². The fourth-order valence-electron chi connectivity index (χ4n) is 4.06. The number of halogens is 1. The minimum Gasteiger partial charge on any atom is -0.305 e. The van der Waals surface area contributed by atoms with Gasteiger partial charge in [-0.25, -0.2) is 4.98 Å². The maximum atomic E-state index is 12.3. The number of nitrogens with one attached hydrogen (secondary N) is 2. The van der Waals surface area contributed by atoms with Gasteiger partial charge in [0.2, 0.25) is 0 Å². The molecule has 0 aliphatic carbocycles. The SMILES string of the molecule is O=c1cc([C@H]2CCCN(Cc3cncc4c(Cl)[nH]nc34)C2)nc(-c2ccccn2)[nH]1. The van der Waals surface area contributed by atoms with Crippen molar-refractivity contribution in [3.05, 3.63) is 69.6 Å². The van der Waals surface area contributed by atoms with E-state index in [4.69, 9.17) is 16.6 Å². The second-order valence-electron chi connectivity index (χ2n) is 7.54. The van der Waals surface area contributed by atoms with Crippen LogP contribution in [0.25, 0.3) is 22.4 Å². The highest BCUT2D eigenvalue weighted by molar-refractivity contribution is 6.34. The maximum absolute atomic E-state index is 12.3. The van der Waals surface area contributed by atoms with Gasteiger partial charge in [-0.1, -0.05) is 17.7 Å². The van der Waals surface area contributed by atoms with Crippen LogP contribution in [0.1, 0.15) is 30.0 Å². The zero-order valence-electron chi connectivity index (χ0n) is 16.2. The van der Waals surface area contributed by atoms with Crippen LogP contribution in [0.4, 0.5) is 0 Å². The molecule has 5 heterocycles. The molecular formula is C21H20ClN7O. The van der Waals surface area contributed by atoms with E-state index in [2.05, 4.69) is 30.0 Å². The summed E-state index contributed by atoms with van der Waals surface area (Å²) in [6.45, 7) is 2.51. The zero-order chi connectivity index (χ0) is 20.5. The fraction of sp³-hybridized carbons (Fsp3) is 0.286. The molecule has 4 aromatic heterocycles. The Hall–Kier alpha value is -3.10. The van der Waals surface area contributed by atoms with Crippen molar-refractivity contribution in [2.45, 2.75) is 25.3 Å². The molecule has 4 aromatic rings. The summed E-state index contributed by atoms with van der Waals surface area (Å²) in [5.74, 6) is 0.689. The summed E-state index contributed by atoms with van der Waals surface area (Å²) in [5, 5.41) is 8.49. The summed E-state index contributed by atoms with van der Waals surface area (Å²) in [6, 6.07) is 7.17. The summed E-state index contributed by atoms with van der Waals surface area (Å²) < 4.78 is 0. The van der Waals surface area contributed by atoms with Crippen LogP contribution in [-0.4, -0.2) is 48.1 Å². The lowest BCUT2D eigenvalue weighted by molar-refractivity contribution is 0.199. The molecular weight excluding hydrogens is 402 g/mol. The van der Waals surface area contributed by atoms with E-state index < -0.39 is 0 Å². The van der Waals surface area contributed by atoms with E-state index in [9.17, 15) is 4.79 Å². The Morgan fingerprint density at radius 1 is 1.27 bits per heavy atom. The molecule has 1 fully saturated rings. The van der Waals surface area contributed by atoms with Gasteiger partial charge in [-0.05, 0) is 31.5 Å². The number of H-pyrrole nitrogens is 2. The third-order valence-electron chi connectivity index (χ3n) is 5.48. The molecule has 0 amide bonds. The average molecular weight is 422 g/mol. The van der Waals surface area contributed by atoms with Crippen molar-refractivity contribution >= 4 is 22.5 Å². The lowest BCUT2D eigenvalue weighted by Gasteiger charge is -2.32. The number of hydrogen-bond donors (Lipinski definition) is 2. The molecule has 0 spiro atoms. The van der Waals surface area contributed by atoms with Crippen molar-refractivity contribution in [3.8, 4) is 11.5 Å². The van der Waals surface area contributed by atoms with Crippen LogP contribution in [0.2, 0.25) is 5.15 Å². The predicted molar refractivity (Wildman–Crippen MR) is 114 cm³/mol. The van der Waals surface area contributed by atoms with E-state index in [1.165, 1.54) is 0 Å². The highest BCUT2D eigenvalue weighted by Gasteiger charge is 2.24. The molecule has 0 radical (unpaired) electrons. The number of piperidine rings is 1. The number of rotatable bonds is 4. The second kappa shape index (κ2) is 7.97. The third kappa shape index (κ3) is 3.71. The average Bonchev–Trinajstić information content (AvgIpc) is 3.16. The molecule has 1 aliphatic heterocycles. The predicted octanol–water partition coefficient (Wildman–Crippen LogP) is 3.14. The first-order chi connectivity index (χ1) is 14.7. The van der Waals surface area contributed by atoms with E-state index in [1.807, 2.05) is 24.4 Å². The van der Waals surface area contributed by atoms with Crippen molar-refractivity contribution in [1.82, 2.24) is 35.0 Å². The van der Waals surface area contributed by atoms with Gasteiger partial charge in [0.25, 0.3) is 5.56 Å². The van der Waals surface area contributed by atoms with Gasteiger partial charge in [-0.2, -0.15) is 5.10 Å². The summed E-state index contributed by atoms with van der Waals surface area (Å²) in [4.78, 5) is 30.8. The standard InChI is InChI=1S/C21H20ClN7O/c22-20-15-10-23-9-14(19(15)27-28-20)12-29-7-3-4-13(11-29)17-8-18(30)26-21(25-17)16-5-1-2-6-24-16/h1-2,5-6,8-10,13H,3-4,7,11-12H2,(H,27,28)(H,25,26,30)/t13-/m0/s1. The Labute approximate surface area is 177 Å². The Morgan fingerprint density at radius 2 is 2.20 bits per heavy atom. The van der Waals surface area contributed by atoms with E-state index in [1.54, 1.807) is 18.5 Å². The zero-order valence-corrected chi connectivity index (χ0v) is 16.9. The summed E-state index contributed by atoms with van der Waals surface area (Å²) in [6.07, 6.45) is 7.28. The van der Waals surface area contributed by atoms with E-state index in [0.717, 1.165) is 54.6 Å². The number of likely N-dealkylation sites (tertiary alicyclic amines) is 1. The van der Waals surface area contributed by atoms with Crippen molar-refractivity contribution in [2.75, 3.05) is 13.1 Å². The summed E-state index contributed by atoms with van der Waals surface area (Å²) >= 11 is 6.15. The Kier molecular flexibility index (Phi) is 5.02. The molecule has 8 nitrogen and oxygen atoms in total. The van der Waals surface area contributed by atoms with E-state index >= 15 is 0 Å². The Balaban J connectivity index is 1.39. The molecule has 1 aliphatic rings. The van der Waals surface area contributed by atoms with Gasteiger partial charge < -0.3 is 4.98 Å². The summed E-state index contributed by atoms with van der Waals surface area (Å²) in [7, 11) is 0. The minimum atomic E-state index is -0.155. The molecule has 30 heavy (non-hydrogen) atoms. The van der Waals surface area contributed by atoms with Gasteiger partial charge in [-0.15, -0.1) is 0 Å². The second-order valence-corrected chi connectivity index (χ2v) is 7.92. The number of aromatic amines is 2. The molecule has 152 valence electrons. The van der Waals surface area contributed by atoms with Crippen LogP contribution in [0.5, 0.6) is 0 Å². The molecule has 0 bridgehead atoms. The number of nitrogens with zero attached hydrogens (tertiary/aromatic N) is 5. The van der Waals surface area contributed by atoms with Crippen molar-refractivity contribution in [3.63, 3.8) is 0 Å². The third-order valence-corrected chi connectivity index (χ3v) is 5.77. The van der Waals surface area contributed by atoms with Gasteiger partial charge in [0.15, 0.2) is 5.82 Å². The molecule has 5 rings (SSSR count). The lowest BCUT2D eigenvalue weighted by Crippen LogP contribution is -2.34. The highest BCUT2D eigenvalue weighted by Crippen LogP contribution is 2.28. The Bertz CT molecular complexity index is 1240. The van der Waals surface area contributed by atoms with Gasteiger partial charge in [0, 0.05) is 49.2 Å². The first-order valence-corrected chi connectivity index (χ1v) is 10.3. The number of hydrogen-bond acceptors (Lipinski definition) is 6. The molecule has 1 atom stereocenters. The largest absolute Gasteiger partial charge is 0.305 e. The van der Waals surface area contributed by atoms with Crippen LogP contribution in [0.3, 0.4) is 0 Å². The van der Waals surface area contributed by atoms with Crippen LogP contribution in [-0.2, 0) is 6.54 Å². The molecule has 1 saturated heterocycles. The number of aromatic nitrogens is 6.